The van der Waals surface area contributed by atoms with Crippen LogP contribution >= 0.6 is 27.7 Å². The van der Waals surface area contributed by atoms with E-state index in [1.54, 1.807) is 12.3 Å². The van der Waals surface area contributed by atoms with Crippen LogP contribution in [-0.4, -0.2) is 36.6 Å². The number of aromatic nitrogens is 5. The van der Waals surface area contributed by atoms with Crippen molar-refractivity contribution in [2.75, 3.05) is 16.8 Å². The Morgan fingerprint density at radius 1 is 1.43 bits per heavy atom. The summed E-state index contributed by atoms with van der Waals surface area (Å²) in [7, 11) is 0. The van der Waals surface area contributed by atoms with E-state index >= 15 is 0 Å². The van der Waals surface area contributed by atoms with Gasteiger partial charge in [0.15, 0.2) is 5.65 Å². The molecular formula is C13H12BrN7OS. The summed E-state index contributed by atoms with van der Waals surface area (Å²) in [6, 6.07) is 1.79. The lowest BCUT2D eigenvalue weighted by Gasteiger charge is -2.06. The van der Waals surface area contributed by atoms with Crippen LogP contribution in [0.3, 0.4) is 0 Å². The molecule has 0 bridgehead atoms. The van der Waals surface area contributed by atoms with E-state index in [0.29, 0.717) is 22.0 Å². The maximum atomic E-state index is 12.1. The first-order valence-electron chi connectivity index (χ1n) is 6.54. The first kappa shape index (κ1) is 15.7. The first-order chi connectivity index (χ1) is 11.0. The number of nitrogens with one attached hydrogen (secondary N) is 2. The summed E-state index contributed by atoms with van der Waals surface area (Å²) in [5.41, 5.74) is 7.77. The summed E-state index contributed by atoms with van der Waals surface area (Å²) >= 11 is 4.62. The molecule has 3 rings (SSSR count). The number of aromatic amines is 1. The number of nitrogens with zero attached hydrogens (tertiary/aromatic N) is 4. The van der Waals surface area contributed by atoms with Crippen molar-refractivity contribution in [1.82, 2.24) is 24.9 Å². The summed E-state index contributed by atoms with van der Waals surface area (Å²) in [5.74, 6) is 0.610. The molecule has 0 radical (unpaired) electrons. The summed E-state index contributed by atoms with van der Waals surface area (Å²) in [6.45, 7) is 1.93. The molecule has 3 aromatic heterocycles. The number of aryl methyl sites for hydroxylation is 1. The Hall–Kier alpha value is -2.20. The van der Waals surface area contributed by atoms with Crippen LogP contribution in [0.1, 0.15) is 5.56 Å². The molecule has 3 heterocycles. The maximum Gasteiger partial charge on any atom is 0.235 e. The molecule has 3 aromatic rings. The van der Waals surface area contributed by atoms with Gasteiger partial charge in [-0.2, -0.15) is 4.98 Å². The van der Waals surface area contributed by atoms with E-state index in [-0.39, 0.29) is 17.6 Å². The molecule has 8 nitrogen and oxygen atoms in total. The second kappa shape index (κ2) is 6.50. The Kier molecular flexibility index (Phi) is 4.44. The van der Waals surface area contributed by atoms with Crippen molar-refractivity contribution >= 4 is 56.5 Å². The SMILES string of the molecule is Cc1cc(NC(=O)CSc2nc(N)nc3nc[nH]c23)ncc1Br. The van der Waals surface area contributed by atoms with Crippen molar-refractivity contribution in [2.24, 2.45) is 0 Å². The Labute approximate surface area is 143 Å². The molecule has 0 atom stereocenters. The first-order valence-corrected chi connectivity index (χ1v) is 8.32. The molecule has 0 saturated carbocycles. The predicted octanol–water partition coefficient (Wildman–Crippen LogP) is 2.13. The minimum atomic E-state index is -0.186. The highest BCUT2D eigenvalue weighted by atomic mass is 79.9. The highest BCUT2D eigenvalue weighted by Crippen LogP contribution is 2.24. The molecule has 4 N–H and O–H groups in total. The normalized spacial score (nSPS) is 10.9. The zero-order valence-corrected chi connectivity index (χ0v) is 14.4. The Morgan fingerprint density at radius 3 is 3.04 bits per heavy atom. The Balaban J connectivity index is 1.68. The molecule has 0 spiro atoms. The van der Waals surface area contributed by atoms with Gasteiger partial charge >= 0.3 is 0 Å². The number of anilines is 2. The van der Waals surface area contributed by atoms with Crippen molar-refractivity contribution in [1.29, 1.82) is 0 Å². The topological polar surface area (TPSA) is 122 Å². The third-order valence-corrected chi connectivity index (χ3v) is 4.73. The summed E-state index contributed by atoms with van der Waals surface area (Å²) < 4.78 is 0.892. The average molecular weight is 394 g/mol. The van der Waals surface area contributed by atoms with Gasteiger partial charge in [0.2, 0.25) is 11.9 Å². The number of imidazole rings is 1. The number of rotatable bonds is 4. The maximum absolute atomic E-state index is 12.1. The minimum absolute atomic E-state index is 0.123. The lowest BCUT2D eigenvalue weighted by atomic mass is 10.3. The number of amides is 1. The number of carbonyl (C=O) groups excluding carboxylic acids is 1. The van der Waals surface area contributed by atoms with Crippen LogP contribution in [0.15, 0.2) is 28.1 Å². The zero-order valence-electron chi connectivity index (χ0n) is 12.0. The quantitative estimate of drug-likeness (QED) is 0.458. The van der Waals surface area contributed by atoms with Crippen LogP contribution in [0.2, 0.25) is 0 Å². The standard InChI is InChI=1S/C13H12BrN7OS/c1-6-2-8(16-3-7(6)14)19-9(22)4-23-12-10-11(18-5-17-10)20-13(15)21-12/h2-3,5H,4H2,1H3,(H,16,19,22)(H3,15,17,18,20,21). The second-order valence-corrected chi connectivity index (χ2v) is 6.46. The molecular weight excluding hydrogens is 382 g/mol. The highest BCUT2D eigenvalue weighted by Gasteiger charge is 2.12. The Morgan fingerprint density at radius 2 is 2.26 bits per heavy atom. The fourth-order valence-electron chi connectivity index (χ4n) is 1.85. The number of nitrogen functional groups attached to an aromatic ring is 1. The number of nitrogens with two attached hydrogens (primary N) is 1. The molecule has 10 heteroatoms. The zero-order chi connectivity index (χ0) is 16.4. The van der Waals surface area contributed by atoms with E-state index in [1.165, 1.54) is 18.1 Å². The summed E-state index contributed by atoms with van der Waals surface area (Å²) in [5, 5.41) is 3.33. The number of fused-ring (bicyclic) bond motifs is 1. The summed E-state index contributed by atoms with van der Waals surface area (Å²) in [4.78, 5) is 31.3. The fourth-order valence-corrected chi connectivity index (χ4v) is 2.86. The number of pyridine rings is 1. The lowest BCUT2D eigenvalue weighted by Crippen LogP contribution is -2.15. The molecule has 0 aliphatic carbocycles. The molecule has 23 heavy (non-hydrogen) atoms. The largest absolute Gasteiger partial charge is 0.368 e. The molecule has 0 aliphatic rings. The monoisotopic (exact) mass is 393 g/mol. The lowest BCUT2D eigenvalue weighted by molar-refractivity contribution is -0.113. The van der Waals surface area contributed by atoms with E-state index in [4.69, 9.17) is 5.73 Å². The summed E-state index contributed by atoms with van der Waals surface area (Å²) in [6.07, 6.45) is 3.16. The number of H-pyrrole nitrogens is 1. The number of thioether (sulfide) groups is 1. The molecule has 0 saturated heterocycles. The molecule has 0 unspecified atom stereocenters. The van der Waals surface area contributed by atoms with E-state index < -0.39 is 0 Å². The van der Waals surface area contributed by atoms with Crippen LogP contribution in [0.4, 0.5) is 11.8 Å². The van der Waals surface area contributed by atoms with Crippen LogP contribution in [0.5, 0.6) is 0 Å². The van der Waals surface area contributed by atoms with E-state index in [2.05, 4.69) is 46.2 Å². The predicted molar refractivity (Wildman–Crippen MR) is 92.1 cm³/mol. The van der Waals surface area contributed by atoms with Gasteiger partial charge in [-0.25, -0.2) is 15.0 Å². The van der Waals surface area contributed by atoms with Crippen molar-refractivity contribution in [3.63, 3.8) is 0 Å². The third kappa shape index (κ3) is 3.59. The smallest absolute Gasteiger partial charge is 0.235 e. The van der Waals surface area contributed by atoms with Crippen molar-refractivity contribution in [3.8, 4) is 0 Å². The minimum Gasteiger partial charge on any atom is -0.368 e. The van der Waals surface area contributed by atoms with Gasteiger partial charge in [-0.1, -0.05) is 11.8 Å². The molecule has 0 aromatic carbocycles. The molecule has 1 amide bonds. The van der Waals surface area contributed by atoms with Crippen molar-refractivity contribution < 1.29 is 4.79 Å². The van der Waals surface area contributed by atoms with E-state index in [0.717, 1.165) is 10.0 Å². The Bertz CT molecular complexity index is 882. The van der Waals surface area contributed by atoms with Gasteiger partial charge in [0.25, 0.3) is 0 Å². The number of halogens is 1. The van der Waals surface area contributed by atoms with Gasteiger partial charge in [0.1, 0.15) is 16.4 Å². The molecule has 118 valence electrons. The van der Waals surface area contributed by atoms with Crippen molar-refractivity contribution in [2.45, 2.75) is 11.9 Å². The highest BCUT2D eigenvalue weighted by molar-refractivity contribution is 9.10. The second-order valence-electron chi connectivity index (χ2n) is 4.64. The third-order valence-electron chi connectivity index (χ3n) is 2.92. The van der Waals surface area contributed by atoms with Crippen LogP contribution in [0, 0.1) is 6.92 Å². The van der Waals surface area contributed by atoms with E-state index in [1.807, 2.05) is 6.92 Å². The average Bonchev–Trinajstić information content (AvgIpc) is 2.97. The van der Waals surface area contributed by atoms with Gasteiger partial charge in [0.05, 0.1) is 12.1 Å². The van der Waals surface area contributed by atoms with Gasteiger partial charge in [0, 0.05) is 10.7 Å². The van der Waals surface area contributed by atoms with Gasteiger partial charge < -0.3 is 16.0 Å². The van der Waals surface area contributed by atoms with Crippen LogP contribution in [-0.2, 0) is 4.79 Å². The van der Waals surface area contributed by atoms with Crippen LogP contribution < -0.4 is 11.1 Å². The number of hydrogen-bond acceptors (Lipinski definition) is 7. The van der Waals surface area contributed by atoms with Crippen molar-refractivity contribution in [3.05, 3.63) is 28.6 Å². The number of carbonyl (C=O) groups is 1. The fraction of sp³-hybridized carbons (Fsp3) is 0.154. The molecule has 0 aliphatic heterocycles. The number of hydrogen-bond donors (Lipinski definition) is 3. The van der Waals surface area contributed by atoms with Gasteiger partial charge in [-0.3, -0.25) is 4.79 Å². The van der Waals surface area contributed by atoms with Gasteiger partial charge in [-0.05, 0) is 34.5 Å². The van der Waals surface area contributed by atoms with Crippen LogP contribution in [0.25, 0.3) is 11.2 Å². The van der Waals surface area contributed by atoms with E-state index in [9.17, 15) is 4.79 Å². The van der Waals surface area contributed by atoms with Gasteiger partial charge in [-0.15, -0.1) is 0 Å². The molecule has 0 fully saturated rings.